The first-order valence-electron chi connectivity index (χ1n) is 10.3. The molecular formula is C23H22O11. The van der Waals surface area contributed by atoms with E-state index in [0.717, 1.165) is 6.07 Å². The summed E-state index contributed by atoms with van der Waals surface area (Å²) in [4.78, 5) is 24.6. The van der Waals surface area contributed by atoms with Crippen LogP contribution in [0.15, 0.2) is 51.7 Å². The van der Waals surface area contributed by atoms with Crippen LogP contribution in [0.1, 0.15) is 6.92 Å². The van der Waals surface area contributed by atoms with Gasteiger partial charge in [-0.15, -0.1) is 0 Å². The van der Waals surface area contributed by atoms with Crippen LogP contribution in [0.2, 0.25) is 0 Å². The average Bonchev–Trinajstić information content (AvgIpc) is 2.79. The van der Waals surface area contributed by atoms with Crippen LogP contribution in [-0.4, -0.2) is 68.8 Å². The second kappa shape index (κ2) is 9.31. The molecule has 5 N–H and O–H groups in total. The van der Waals surface area contributed by atoms with E-state index in [0.29, 0.717) is 5.56 Å². The fraction of sp³-hybridized carbons (Fsp3) is 0.304. The number of ether oxygens (including phenoxy) is 3. The molecule has 1 aromatic heterocycles. The van der Waals surface area contributed by atoms with Gasteiger partial charge in [-0.3, -0.25) is 4.79 Å². The van der Waals surface area contributed by atoms with Crippen LogP contribution in [-0.2, 0) is 14.3 Å². The van der Waals surface area contributed by atoms with Gasteiger partial charge in [0.1, 0.15) is 52.3 Å². The molecule has 34 heavy (non-hydrogen) atoms. The number of esters is 1. The van der Waals surface area contributed by atoms with Crippen molar-refractivity contribution in [3.05, 3.63) is 52.7 Å². The summed E-state index contributed by atoms with van der Waals surface area (Å²) in [6.45, 7) is 1.54. The van der Waals surface area contributed by atoms with Gasteiger partial charge in [0.2, 0.25) is 6.29 Å². The minimum absolute atomic E-state index is 0.00344. The molecule has 11 heteroatoms. The van der Waals surface area contributed by atoms with Gasteiger partial charge < -0.3 is 44.2 Å². The maximum absolute atomic E-state index is 12.6. The topological polar surface area (TPSA) is 176 Å². The van der Waals surface area contributed by atoms with Gasteiger partial charge in [-0.1, -0.05) is 0 Å². The number of aromatic hydroxyl groups is 2. The highest BCUT2D eigenvalue weighted by Crippen LogP contribution is 2.33. The number of hydrogen-bond acceptors (Lipinski definition) is 11. The summed E-state index contributed by atoms with van der Waals surface area (Å²) in [6, 6.07) is 9.42. The van der Waals surface area contributed by atoms with Crippen LogP contribution in [0.5, 0.6) is 17.2 Å². The Morgan fingerprint density at radius 3 is 2.38 bits per heavy atom. The largest absolute Gasteiger partial charge is 0.508 e. The molecule has 1 saturated heterocycles. The van der Waals surface area contributed by atoms with Crippen molar-refractivity contribution in [3.8, 4) is 28.6 Å². The molecule has 1 fully saturated rings. The van der Waals surface area contributed by atoms with E-state index in [9.17, 15) is 35.1 Å². The zero-order valence-corrected chi connectivity index (χ0v) is 17.8. The average molecular weight is 474 g/mol. The molecule has 0 aliphatic carbocycles. The Hall–Kier alpha value is -3.64. The quantitative estimate of drug-likeness (QED) is 0.328. The van der Waals surface area contributed by atoms with Crippen LogP contribution < -0.4 is 10.2 Å². The third-order valence-electron chi connectivity index (χ3n) is 5.28. The number of carbonyl (C=O) groups excluding carboxylic acids is 1. The highest BCUT2D eigenvalue weighted by Gasteiger charge is 2.48. The zero-order chi connectivity index (χ0) is 24.6. The van der Waals surface area contributed by atoms with E-state index >= 15 is 0 Å². The second-order valence-corrected chi connectivity index (χ2v) is 7.60. The van der Waals surface area contributed by atoms with Crippen molar-refractivity contribution in [1.82, 2.24) is 0 Å². The van der Waals surface area contributed by atoms with Crippen LogP contribution >= 0.6 is 0 Å². The van der Waals surface area contributed by atoms with Gasteiger partial charge in [0.25, 0.3) is 0 Å². The summed E-state index contributed by atoms with van der Waals surface area (Å²) in [7, 11) is 0. The van der Waals surface area contributed by atoms with Crippen LogP contribution in [0.3, 0.4) is 0 Å². The van der Waals surface area contributed by atoms with Gasteiger partial charge in [0, 0.05) is 23.8 Å². The van der Waals surface area contributed by atoms with E-state index in [4.69, 9.17) is 18.6 Å². The molecule has 1 aliphatic heterocycles. The van der Waals surface area contributed by atoms with Gasteiger partial charge in [0.15, 0.2) is 11.5 Å². The van der Waals surface area contributed by atoms with Gasteiger partial charge in [-0.25, -0.2) is 4.79 Å². The number of carbonyl (C=O) groups is 1. The van der Waals surface area contributed by atoms with Crippen molar-refractivity contribution in [2.45, 2.75) is 37.6 Å². The molecular weight excluding hydrogens is 452 g/mol. The fourth-order valence-corrected chi connectivity index (χ4v) is 3.58. The molecule has 0 bridgehead atoms. The van der Waals surface area contributed by atoms with Crippen LogP contribution in [0, 0.1) is 0 Å². The number of hydrogen-bond donors (Lipinski definition) is 5. The lowest BCUT2D eigenvalue weighted by atomic mass is 9.99. The molecule has 4 rings (SSSR count). The Kier molecular flexibility index (Phi) is 6.44. The predicted octanol–water partition coefficient (Wildman–Crippen LogP) is 0.621. The van der Waals surface area contributed by atoms with Crippen molar-refractivity contribution in [2.24, 2.45) is 0 Å². The van der Waals surface area contributed by atoms with E-state index in [1.165, 1.54) is 36.4 Å². The fourth-order valence-electron chi connectivity index (χ4n) is 3.58. The maximum Gasteiger partial charge on any atom is 0.338 e. The Morgan fingerprint density at radius 1 is 1.00 bits per heavy atom. The number of benzene rings is 2. The zero-order valence-electron chi connectivity index (χ0n) is 17.8. The SMILES string of the molecule is CCOC(=O)C1OC(Oc2cc(O)c3c(=O)cc(-c4ccc(O)cc4)oc3c2)C(O)C(O)C1O. The first-order valence-corrected chi connectivity index (χ1v) is 10.3. The number of fused-ring (bicyclic) bond motifs is 1. The normalized spacial score (nSPS) is 24.6. The molecule has 2 heterocycles. The molecule has 2 aromatic carbocycles. The number of phenolic OH excluding ortho intramolecular Hbond substituents is 2. The number of phenols is 2. The first kappa shape index (κ1) is 23.5. The van der Waals surface area contributed by atoms with E-state index < -0.39 is 47.9 Å². The maximum atomic E-state index is 12.6. The molecule has 11 nitrogen and oxygen atoms in total. The molecule has 3 aromatic rings. The highest BCUT2D eigenvalue weighted by atomic mass is 16.7. The minimum atomic E-state index is -1.79. The van der Waals surface area contributed by atoms with Crippen molar-refractivity contribution in [3.63, 3.8) is 0 Å². The molecule has 5 atom stereocenters. The number of rotatable bonds is 5. The van der Waals surface area contributed by atoms with Crippen molar-refractivity contribution >= 4 is 16.9 Å². The van der Waals surface area contributed by atoms with Crippen molar-refractivity contribution in [1.29, 1.82) is 0 Å². The summed E-state index contributed by atoms with van der Waals surface area (Å²) in [5.74, 6) is -1.37. The molecule has 0 saturated carbocycles. The lowest BCUT2D eigenvalue weighted by Crippen LogP contribution is -2.61. The molecule has 180 valence electrons. The smallest absolute Gasteiger partial charge is 0.338 e. The van der Waals surface area contributed by atoms with E-state index in [2.05, 4.69) is 0 Å². The summed E-state index contributed by atoms with van der Waals surface area (Å²) in [5, 5.41) is 50.2. The van der Waals surface area contributed by atoms with Crippen LogP contribution in [0.4, 0.5) is 0 Å². The summed E-state index contributed by atoms with van der Waals surface area (Å²) in [5.41, 5.74) is -0.107. The third-order valence-corrected chi connectivity index (χ3v) is 5.28. The lowest BCUT2D eigenvalue weighted by molar-refractivity contribution is -0.272. The van der Waals surface area contributed by atoms with Crippen LogP contribution in [0.25, 0.3) is 22.3 Å². The standard InChI is InChI=1S/C23H22O11/c1-2-31-22(30)21-19(28)18(27)20(29)23(34-21)32-12-7-13(25)17-14(26)9-15(33-16(17)8-12)10-3-5-11(24)6-4-10/h3-9,18-21,23-25,27-29H,2H2,1H3. The predicted molar refractivity (Wildman–Crippen MR) is 115 cm³/mol. The monoisotopic (exact) mass is 474 g/mol. The van der Waals surface area contributed by atoms with E-state index in [-0.39, 0.29) is 34.8 Å². The molecule has 0 amide bonds. The lowest BCUT2D eigenvalue weighted by Gasteiger charge is -2.38. The van der Waals surface area contributed by atoms with E-state index in [1.54, 1.807) is 6.92 Å². The Labute approximate surface area is 192 Å². The van der Waals surface area contributed by atoms with Crippen molar-refractivity contribution < 1.29 is 49.0 Å². The Morgan fingerprint density at radius 2 is 1.71 bits per heavy atom. The van der Waals surface area contributed by atoms with Gasteiger partial charge in [-0.2, -0.15) is 0 Å². The molecule has 0 spiro atoms. The highest BCUT2D eigenvalue weighted by molar-refractivity contribution is 5.86. The van der Waals surface area contributed by atoms with E-state index in [1.807, 2.05) is 0 Å². The first-order chi connectivity index (χ1) is 16.2. The number of aliphatic hydroxyl groups excluding tert-OH is 3. The summed E-state index contributed by atoms with van der Waals surface area (Å²) < 4.78 is 21.4. The Bertz CT molecular complexity index is 1250. The minimum Gasteiger partial charge on any atom is -0.508 e. The summed E-state index contributed by atoms with van der Waals surface area (Å²) >= 11 is 0. The van der Waals surface area contributed by atoms with Gasteiger partial charge >= 0.3 is 5.97 Å². The van der Waals surface area contributed by atoms with Crippen molar-refractivity contribution in [2.75, 3.05) is 6.61 Å². The molecule has 1 aliphatic rings. The van der Waals surface area contributed by atoms with Gasteiger partial charge in [0.05, 0.1) is 6.61 Å². The third kappa shape index (κ3) is 4.41. The summed E-state index contributed by atoms with van der Waals surface area (Å²) in [6.07, 6.45) is -8.56. The molecule has 0 radical (unpaired) electrons. The number of aliphatic hydroxyl groups is 3. The Balaban J connectivity index is 1.68. The molecule has 5 unspecified atom stereocenters. The second-order valence-electron chi connectivity index (χ2n) is 7.60. The van der Waals surface area contributed by atoms with Gasteiger partial charge in [-0.05, 0) is 31.2 Å².